The van der Waals surface area contributed by atoms with Crippen molar-refractivity contribution in [1.82, 2.24) is 19.9 Å². The summed E-state index contributed by atoms with van der Waals surface area (Å²) in [6.45, 7) is 4.58. The van der Waals surface area contributed by atoms with Crippen molar-refractivity contribution in [3.05, 3.63) is 93.3 Å². The lowest BCUT2D eigenvalue weighted by atomic mass is 9.87. The highest BCUT2D eigenvalue weighted by atomic mass is 19.1. The molecule has 0 bridgehead atoms. The molecule has 3 heterocycles. The van der Waals surface area contributed by atoms with E-state index >= 15 is 0 Å². The Bertz CT molecular complexity index is 1400. The van der Waals surface area contributed by atoms with Crippen molar-refractivity contribution in [2.45, 2.75) is 19.4 Å². The molecule has 0 saturated carbocycles. The summed E-state index contributed by atoms with van der Waals surface area (Å²) in [7, 11) is 0. The minimum absolute atomic E-state index is 0.112. The Labute approximate surface area is 182 Å². The molecule has 4 aromatic rings. The number of H-pyrrole nitrogens is 1. The molecule has 0 atom stereocenters. The first-order valence-corrected chi connectivity index (χ1v) is 10.2. The van der Waals surface area contributed by atoms with Gasteiger partial charge in [0.15, 0.2) is 5.69 Å². The molecule has 0 spiro atoms. The molecule has 1 aliphatic heterocycles. The predicted octanol–water partition coefficient (Wildman–Crippen LogP) is 3.10. The van der Waals surface area contributed by atoms with Gasteiger partial charge in [0.25, 0.3) is 11.5 Å². The Hall–Kier alpha value is -3.78. The first kappa shape index (κ1) is 20.1. The van der Waals surface area contributed by atoms with Crippen LogP contribution in [0.15, 0.2) is 59.5 Å². The second-order valence-electron chi connectivity index (χ2n) is 8.19. The van der Waals surface area contributed by atoms with Gasteiger partial charge in [-0.15, -0.1) is 0 Å². The molecule has 1 fully saturated rings. The summed E-state index contributed by atoms with van der Waals surface area (Å²) in [6, 6.07) is 13.3. The number of carbonyl (C=O) groups excluding carboxylic acids is 1. The van der Waals surface area contributed by atoms with E-state index in [2.05, 4.69) is 15.4 Å². The van der Waals surface area contributed by atoms with Crippen molar-refractivity contribution in [1.29, 1.82) is 0 Å². The SMILES string of the molecule is Cc1ccc(-c2cn3nc(C(=O)NC4(c5ccc(F)cc5)COC4)cc3c(=O)[nH]2)cc1C. The monoisotopic (exact) mass is 432 g/mol. The van der Waals surface area contributed by atoms with Crippen molar-refractivity contribution < 1.29 is 13.9 Å². The van der Waals surface area contributed by atoms with Crippen molar-refractivity contribution in [3.8, 4) is 11.3 Å². The van der Waals surface area contributed by atoms with E-state index in [9.17, 15) is 14.0 Å². The van der Waals surface area contributed by atoms with Gasteiger partial charge in [-0.05, 0) is 54.3 Å². The van der Waals surface area contributed by atoms with Crippen molar-refractivity contribution in [2.24, 2.45) is 0 Å². The molecule has 0 radical (unpaired) electrons. The Morgan fingerprint density at radius 3 is 2.53 bits per heavy atom. The van der Waals surface area contributed by atoms with E-state index in [0.29, 0.717) is 5.69 Å². The summed E-state index contributed by atoms with van der Waals surface area (Å²) in [6.07, 6.45) is 1.69. The van der Waals surface area contributed by atoms with Gasteiger partial charge >= 0.3 is 0 Å². The Kier molecular flexibility index (Phi) is 4.67. The van der Waals surface area contributed by atoms with Crippen LogP contribution < -0.4 is 10.9 Å². The predicted molar refractivity (Wildman–Crippen MR) is 117 cm³/mol. The number of nitrogens with zero attached hydrogens (tertiary/aromatic N) is 2. The molecule has 1 amide bonds. The molecule has 1 aliphatic rings. The molecule has 0 aliphatic carbocycles. The Morgan fingerprint density at radius 2 is 1.88 bits per heavy atom. The summed E-state index contributed by atoms with van der Waals surface area (Å²) < 4.78 is 20.1. The number of carbonyl (C=O) groups is 1. The number of rotatable bonds is 4. The zero-order valence-corrected chi connectivity index (χ0v) is 17.6. The Morgan fingerprint density at radius 1 is 1.12 bits per heavy atom. The van der Waals surface area contributed by atoms with Gasteiger partial charge in [0.2, 0.25) is 0 Å². The number of amides is 1. The fourth-order valence-electron chi connectivity index (χ4n) is 3.84. The second kappa shape index (κ2) is 7.42. The lowest BCUT2D eigenvalue weighted by molar-refractivity contribution is -0.0734. The van der Waals surface area contributed by atoms with Crippen molar-refractivity contribution in [2.75, 3.05) is 13.2 Å². The lowest BCUT2D eigenvalue weighted by Crippen LogP contribution is -2.59. The average molecular weight is 432 g/mol. The standard InChI is InChI=1S/C24H21FN4O3/c1-14-3-4-16(9-15(14)2)20-11-29-21(23(31)26-20)10-19(28-29)22(30)27-24(12-32-13-24)17-5-7-18(25)8-6-17/h3-11H,12-13H2,1-2H3,(H,26,31)(H,27,30). The van der Waals surface area contributed by atoms with Crippen molar-refractivity contribution in [3.63, 3.8) is 0 Å². The largest absolute Gasteiger partial charge is 0.376 e. The third kappa shape index (κ3) is 3.38. The number of hydrogen-bond acceptors (Lipinski definition) is 4. The summed E-state index contributed by atoms with van der Waals surface area (Å²) in [4.78, 5) is 28.5. The van der Waals surface area contributed by atoms with Gasteiger partial charge in [0.1, 0.15) is 16.9 Å². The molecule has 7 nitrogen and oxygen atoms in total. The highest BCUT2D eigenvalue weighted by Crippen LogP contribution is 2.30. The van der Waals surface area contributed by atoms with Crippen LogP contribution in [0.3, 0.4) is 0 Å². The molecule has 1 saturated heterocycles. The van der Waals surface area contributed by atoms with Crippen LogP contribution in [0.2, 0.25) is 0 Å². The smallest absolute Gasteiger partial charge is 0.274 e. The van der Waals surface area contributed by atoms with Crippen LogP contribution in [0.4, 0.5) is 4.39 Å². The molecular formula is C24H21FN4O3. The van der Waals surface area contributed by atoms with E-state index in [1.807, 2.05) is 32.0 Å². The quantitative estimate of drug-likeness (QED) is 0.519. The maximum Gasteiger partial charge on any atom is 0.274 e. The van der Waals surface area contributed by atoms with E-state index < -0.39 is 11.4 Å². The highest BCUT2D eigenvalue weighted by Gasteiger charge is 2.42. The number of aromatic amines is 1. The molecule has 32 heavy (non-hydrogen) atoms. The van der Waals surface area contributed by atoms with Gasteiger partial charge in [-0.3, -0.25) is 9.59 Å². The number of benzene rings is 2. The molecule has 2 aromatic heterocycles. The normalized spacial score (nSPS) is 14.8. The number of aromatic nitrogens is 3. The molecule has 2 N–H and O–H groups in total. The van der Waals surface area contributed by atoms with Crippen molar-refractivity contribution >= 4 is 11.4 Å². The molecule has 0 unspecified atom stereocenters. The molecule has 2 aromatic carbocycles. The van der Waals surface area contributed by atoms with Crippen LogP contribution in [0.5, 0.6) is 0 Å². The Balaban J connectivity index is 1.47. The van der Waals surface area contributed by atoms with Crippen LogP contribution in [0.1, 0.15) is 27.2 Å². The number of aryl methyl sites for hydroxylation is 2. The van der Waals surface area contributed by atoms with Crippen LogP contribution in [-0.4, -0.2) is 33.7 Å². The van der Waals surface area contributed by atoms with Crippen LogP contribution in [-0.2, 0) is 10.3 Å². The summed E-state index contributed by atoms with van der Waals surface area (Å²) in [5, 5.41) is 7.28. The number of fused-ring (bicyclic) bond motifs is 1. The maximum absolute atomic E-state index is 13.3. The number of ether oxygens (including phenoxy) is 1. The molecule has 162 valence electrons. The lowest BCUT2D eigenvalue weighted by Gasteiger charge is -2.42. The number of nitrogens with one attached hydrogen (secondary N) is 2. The fraction of sp³-hybridized carbons (Fsp3) is 0.208. The van der Waals surface area contributed by atoms with E-state index in [4.69, 9.17) is 4.74 Å². The number of halogens is 1. The average Bonchev–Trinajstić information content (AvgIpc) is 3.18. The van der Waals surface area contributed by atoms with Gasteiger partial charge in [-0.1, -0.05) is 24.3 Å². The van der Waals surface area contributed by atoms with Crippen LogP contribution in [0, 0.1) is 19.7 Å². The van der Waals surface area contributed by atoms with Gasteiger partial charge in [0.05, 0.1) is 25.1 Å². The molecule has 8 heteroatoms. The van der Waals surface area contributed by atoms with Gasteiger partial charge < -0.3 is 15.0 Å². The summed E-state index contributed by atoms with van der Waals surface area (Å²) in [5.41, 5.74) is 3.76. The molecule has 5 rings (SSSR count). The zero-order chi connectivity index (χ0) is 22.5. The zero-order valence-electron chi connectivity index (χ0n) is 17.6. The summed E-state index contributed by atoms with van der Waals surface area (Å²) >= 11 is 0. The topological polar surface area (TPSA) is 88.5 Å². The van der Waals surface area contributed by atoms with E-state index in [1.54, 1.807) is 18.3 Å². The highest BCUT2D eigenvalue weighted by molar-refractivity contribution is 5.94. The third-order valence-electron chi connectivity index (χ3n) is 5.97. The second-order valence-corrected chi connectivity index (χ2v) is 8.19. The van der Waals surface area contributed by atoms with Gasteiger partial charge in [-0.2, -0.15) is 5.10 Å². The van der Waals surface area contributed by atoms with E-state index in [1.165, 1.54) is 22.7 Å². The van der Waals surface area contributed by atoms with E-state index in [-0.39, 0.29) is 35.8 Å². The van der Waals surface area contributed by atoms with E-state index in [0.717, 1.165) is 22.3 Å². The molecular weight excluding hydrogens is 411 g/mol. The minimum Gasteiger partial charge on any atom is -0.376 e. The van der Waals surface area contributed by atoms with Crippen LogP contribution in [0.25, 0.3) is 16.8 Å². The third-order valence-corrected chi connectivity index (χ3v) is 5.97. The summed E-state index contributed by atoms with van der Waals surface area (Å²) in [5.74, 6) is -0.789. The van der Waals surface area contributed by atoms with Crippen LogP contribution >= 0.6 is 0 Å². The number of hydrogen-bond donors (Lipinski definition) is 2. The maximum atomic E-state index is 13.3. The fourth-order valence-corrected chi connectivity index (χ4v) is 3.84. The van der Waals surface area contributed by atoms with Gasteiger partial charge in [-0.25, -0.2) is 8.91 Å². The first-order valence-electron chi connectivity index (χ1n) is 10.2. The van der Waals surface area contributed by atoms with Gasteiger partial charge in [0, 0.05) is 6.07 Å². The first-order chi connectivity index (χ1) is 15.3. The minimum atomic E-state index is -0.752.